The molecule has 6 rings (SSSR count). The van der Waals surface area contributed by atoms with E-state index in [9.17, 15) is 4.79 Å². The summed E-state index contributed by atoms with van der Waals surface area (Å²) in [6, 6.07) is 9.61. The molecule has 1 N–H and O–H groups in total. The first-order valence-corrected chi connectivity index (χ1v) is 11.5. The second-order valence-corrected chi connectivity index (χ2v) is 8.83. The largest absolute Gasteiger partial charge is 0.491 e. The number of carbonyl (C=O) groups is 1. The number of anilines is 1. The molecule has 168 valence electrons. The van der Waals surface area contributed by atoms with Gasteiger partial charge in [-0.1, -0.05) is 12.1 Å². The van der Waals surface area contributed by atoms with Crippen molar-refractivity contribution in [3.05, 3.63) is 48.7 Å². The average molecular weight is 464 g/mol. The average Bonchev–Trinajstić information content (AvgIpc) is 3.39. The Bertz CT molecular complexity index is 1340. The van der Waals surface area contributed by atoms with Crippen LogP contribution in [0.4, 0.5) is 5.82 Å². The number of carbonyl (C=O) groups excluding carboxylic acids is 1. The van der Waals surface area contributed by atoms with Crippen LogP contribution >= 0.6 is 11.8 Å². The van der Waals surface area contributed by atoms with Crippen LogP contribution in [0.3, 0.4) is 0 Å². The molecule has 1 saturated heterocycles. The van der Waals surface area contributed by atoms with Crippen LogP contribution in [0, 0.1) is 0 Å². The third-order valence-electron chi connectivity index (χ3n) is 6.24. The Morgan fingerprint density at radius 2 is 2.09 bits per heavy atom. The first kappa shape index (κ1) is 20.2. The fourth-order valence-corrected chi connectivity index (χ4v) is 4.67. The summed E-state index contributed by atoms with van der Waals surface area (Å²) in [5.74, 6) is 1.17. The van der Waals surface area contributed by atoms with Crippen LogP contribution in [0.25, 0.3) is 22.1 Å². The Morgan fingerprint density at radius 1 is 1.21 bits per heavy atom. The molecule has 0 radical (unpaired) electrons. The highest BCUT2D eigenvalue weighted by molar-refractivity contribution is 6.24. The Labute approximate surface area is 194 Å². The number of halogens is 1. The number of fused-ring (bicyclic) bond motifs is 2. The highest BCUT2D eigenvalue weighted by Crippen LogP contribution is 2.33. The van der Waals surface area contributed by atoms with Crippen molar-refractivity contribution in [3.8, 4) is 5.75 Å². The predicted molar refractivity (Wildman–Crippen MR) is 124 cm³/mol. The molecule has 1 amide bonds. The number of aromatic amines is 1. The maximum absolute atomic E-state index is 12.9. The van der Waals surface area contributed by atoms with Gasteiger partial charge in [0.1, 0.15) is 29.9 Å². The number of benzene rings is 1. The van der Waals surface area contributed by atoms with Crippen molar-refractivity contribution in [1.82, 2.24) is 29.3 Å². The summed E-state index contributed by atoms with van der Waals surface area (Å²) in [6.45, 7) is 1.33. The third-order valence-corrected chi connectivity index (χ3v) is 6.67. The number of aromatic nitrogens is 5. The quantitative estimate of drug-likeness (QED) is 0.435. The van der Waals surface area contributed by atoms with Gasteiger partial charge in [0.05, 0.1) is 17.9 Å². The van der Waals surface area contributed by atoms with Crippen molar-refractivity contribution < 1.29 is 9.53 Å². The number of ether oxygens (including phenoxy) is 1. The van der Waals surface area contributed by atoms with E-state index in [0.717, 1.165) is 48.9 Å². The van der Waals surface area contributed by atoms with E-state index in [1.807, 2.05) is 24.3 Å². The van der Waals surface area contributed by atoms with Crippen LogP contribution in [0.2, 0.25) is 0 Å². The van der Waals surface area contributed by atoms with Crippen LogP contribution in [0.1, 0.15) is 36.2 Å². The van der Waals surface area contributed by atoms with Gasteiger partial charge in [-0.05, 0) is 37.8 Å². The Hall–Kier alpha value is -3.46. The minimum Gasteiger partial charge on any atom is -0.491 e. The van der Waals surface area contributed by atoms with Crippen molar-refractivity contribution in [2.75, 3.05) is 18.1 Å². The minimum absolute atomic E-state index is 0.0935. The molecule has 2 fully saturated rings. The molecule has 0 spiro atoms. The van der Waals surface area contributed by atoms with Gasteiger partial charge < -0.3 is 14.6 Å². The molecular formula is C23H22ClN7O2. The second kappa shape index (κ2) is 8.15. The lowest BCUT2D eigenvalue weighted by Crippen LogP contribution is -2.35. The zero-order valence-electron chi connectivity index (χ0n) is 17.8. The van der Waals surface area contributed by atoms with E-state index >= 15 is 0 Å². The van der Waals surface area contributed by atoms with Gasteiger partial charge in [0.2, 0.25) is 0 Å². The number of nitrogens with zero attached hydrogens (tertiary/aromatic N) is 6. The molecule has 0 bridgehead atoms. The second-order valence-electron chi connectivity index (χ2n) is 8.47. The van der Waals surface area contributed by atoms with E-state index in [1.165, 1.54) is 4.42 Å². The van der Waals surface area contributed by atoms with Crippen LogP contribution in [-0.2, 0) is 0 Å². The summed E-state index contributed by atoms with van der Waals surface area (Å²) in [4.78, 5) is 35.8. The highest BCUT2D eigenvalue weighted by atomic mass is 35.5. The molecule has 4 heterocycles. The van der Waals surface area contributed by atoms with Crippen LogP contribution < -0.4 is 9.64 Å². The lowest BCUT2D eigenvalue weighted by molar-refractivity contribution is 0.0851. The number of imidazole rings is 1. The van der Waals surface area contributed by atoms with E-state index in [4.69, 9.17) is 16.5 Å². The van der Waals surface area contributed by atoms with Crippen molar-refractivity contribution in [1.29, 1.82) is 0 Å². The normalized spacial score (nSPS) is 18.2. The minimum atomic E-state index is -0.292. The number of nitrogens with one attached hydrogen (secondary N) is 1. The van der Waals surface area contributed by atoms with Gasteiger partial charge in [0, 0.05) is 35.8 Å². The maximum Gasteiger partial charge on any atom is 0.287 e. The molecule has 1 atom stereocenters. The first-order chi connectivity index (χ1) is 16.2. The van der Waals surface area contributed by atoms with Gasteiger partial charge >= 0.3 is 0 Å². The molecule has 3 aromatic heterocycles. The Morgan fingerprint density at radius 3 is 2.97 bits per heavy atom. The Balaban J connectivity index is 1.28. The molecule has 0 unspecified atom stereocenters. The molecular weight excluding hydrogens is 442 g/mol. The van der Waals surface area contributed by atoms with E-state index < -0.39 is 0 Å². The van der Waals surface area contributed by atoms with Crippen molar-refractivity contribution in [3.63, 3.8) is 0 Å². The van der Waals surface area contributed by atoms with Gasteiger partial charge in [-0.3, -0.25) is 4.79 Å². The summed E-state index contributed by atoms with van der Waals surface area (Å²) in [6.07, 6.45) is 7.05. The summed E-state index contributed by atoms with van der Waals surface area (Å²) in [5, 5.41) is 0.865. The molecule has 1 saturated carbocycles. The maximum atomic E-state index is 12.9. The van der Waals surface area contributed by atoms with Gasteiger partial charge in [-0.25, -0.2) is 24.4 Å². The summed E-state index contributed by atoms with van der Waals surface area (Å²) in [7, 11) is 0. The Kier molecular flexibility index (Phi) is 4.98. The number of hydrogen-bond acceptors (Lipinski definition) is 7. The number of para-hydroxylation sites is 1. The fraction of sp³-hybridized carbons (Fsp3) is 0.348. The number of H-pyrrole nitrogens is 1. The summed E-state index contributed by atoms with van der Waals surface area (Å²) < 4.78 is 7.60. The topological polar surface area (TPSA) is 100 Å². The van der Waals surface area contributed by atoms with Gasteiger partial charge in [-0.2, -0.15) is 0 Å². The van der Waals surface area contributed by atoms with Crippen molar-refractivity contribution in [2.45, 2.75) is 37.8 Å². The molecule has 1 aliphatic heterocycles. The van der Waals surface area contributed by atoms with Crippen molar-refractivity contribution in [2.24, 2.45) is 0 Å². The lowest BCUT2D eigenvalue weighted by Gasteiger charge is -2.26. The summed E-state index contributed by atoms with van der Waals surface area (Å²) in [5.41, 5.74) is 2.48. The number of hydrogen-bond donors (Lipinski definition) is 1. The molecule has 33 heavy (non-hydrogen) atoms. The molecule has 1 aliphatic carbocycles. The van der Waals surface area contributed by atoms with Crippen LogP contribution in [0.15, 0.2) is 43.0 Å². The van der Waals surface area contributed by atoms with Gasteiger partial charge in [0.25, 0.3) is 5.91 Å². The standard InChI is InChI=1S/C23H22ClN7O2/c24-31(14-7-8-14)23(32)18-10-19(16-5-1-2-6-17(16)29-18)33-11-15-4-3-9-30(15)22-20-21(26-12-25-20)27-13-28-22/h1-2,5-6,10,12-15H,3-4,7-9,11H2,(H,25,26,27,28)/t15-/m1/s1. The zero-order valence-corrected chi connectivity index (χ0v) is 18.6. The SMILES string of the molecule is O=C(c1cc(OC[C@H]2CCCN2c2ncnc3nc[nH]c23)c2ccccc2n1)N(Cl)C1CC1. The molecule has 1 aromatic carbocycles. The zero-order chi connectivity index (χ0) is 22.4. The highest BCUT2D eigenvalue weighted by Gasteiger charge is 2.33. The molecule has 2 aliphatic rings. The first-order valence-electron chi connectivity index (χ1n) is 11.1. The molecule has 9 nitrogen and oxygen atoms in total. The monoisotopic (exact) mass is 463 g/mol. The van der Waals surface area contributed by atoms with Crippen LogP contribution in [0.5, 0.6) is 5.75 Å². The molecule has 4 aromatic rings. The third kappa shape index (κ3) is 3.72. The van der Waals surface area contributed by atoms with Crippen molar-refractivity contribution >= 4 is 45.6 Å². The van der Waals surface area contributed by atoms with Crippen LogP contribution in [-0.4, -0.2) is 60.5 Å². The summed E-state index contributed by atoms with van der Waals surface area (Å²) >= 11 is 6.25. The number of rotatable bonds is 6. The van der Waals surface area contributed by atoms with E-state index in [0.29, 0.717) is 29.2 Å². The molecule has 10 heteroatoms. The van der Waals surface area contributed by atoms with E-state index in [2.05, 4.69) is 29.8 Å². The van der Waals surface area contributed by atoms with Gasteiger partial charge in [-0.15, -0.1) is 0 Å². The van der Waals surface area contributed by atoms with E-state index in [1.54, 1.807) is 18.7 Å². The van der Waals surface area contributed by atoms with E-state index in [-0.39, 0.29) is 18.0 Å². The lowest BCUT2D eigenvalue weighted by atomic mass is 10.1. The predicted octanol–water partition coefficient (Wildman–Crippen LogP) is 3.71. The van der Waals surface area contributed by atoms with Gasteiger partial charge in [0.15, 0.2) is 11.5 Å². The number of amides is 1. The smallest absolute Gasteiger partial charge is 0.287 e. The fourth-order valence-electron chi connectivity index (χ4n) is 4.39. The number of pyridine rings is 1.